The first-order valence-electron chi connectivity index (χ1n) is 15.8. The minimum Gasteiger partial charge on any atom is -0.497 e. The predicted molar refractivity (Wildman–Crippen MR) is 165 cm³/mol. The highest BCUT2D eigenvalue weighted by Gasteiger charge is 2.62. The molecule has 0 bridgehead atoms. The molecule has 0 unspecified atom stereocenters. The molecule has 5 rings (SSSR count). The normalized spacial score (nSPS) is 27.7. The number of carboxylic acids is 1. The van der Waals surface area contributed by atoms with Crippen LogP contribution in [0.5, 0.6) is 11.6 Å². The fraction of sp³-hybridized carbons (Fsp3) is 0.606. The molecular weight excluding hydrogens is 580 g/mol. The molecule has 0 radical (unpaired) electrons. The van der Waals surface area contributed by atoms with Gasteiger partial charge < -0.3 is 34.9 Å². The molecule has 45 heavy (non-hydrogen) atoms. The van der Waals surface area contributed by atoms with Crippen molar-refractivity contribution in [2.24, 2.45) is 5.92 Å². The first-order valence-corrected chi connectivity index (χ1v) is 15.8. The van der Waals surface area contributed by atoms with E-state index in [0.717, 1.165) is 36.5 Å². The summed E-state index contributed by atoms with van der Waals surface area (Å²) in [5, 5.41) is 17.3. The summed E-state index contributed by atoms with van der Waals surface area (Å²) < 4.78 is 17.1. The molecule has 1 aromatic carbocycles. The molecule has 12 nitrogen and oxygen atoms in total. The number of carboxylic acid groups (broad SMARTS) is 1. The van der Waals surface area contributed by atoms with Crippen molar-refractivity contribution in [3.8, 4) is 11.6 Å². The number of nitrogens with zero attached hydrogens (tertiary/aromatic N) is 2. The second kappa shape index (κ2) is 13.1. The fourth-order valence-electron chi connectivity index (χ4n) is 6.51. The number of pyridine rings is 1. The number of fused-ring (bicyclic) bond motifs is 3. The summed E-state index contributed by atoms with van der Waals surface area (Å²) in [5.41, 5.74) is -2.10. The number of aromatic nitrogens is 1. The number of benzene rings is 1. The first-order chi connectivity index (χ1) is 21.4. The Morgan fingerprint density at radius 1 is 1.09 bits per heavy atom. The standard InChI is InChI=1S/C33H44N4O8/c1-32(2,3)45-31(42)35-25-11-9-7-5-6-8-10-21-18-33(21,30(40)41)36-27(38)26-17-23(19-37(26)29(25)39)44-28-24-13-12-22(43-4)16-20(24)14-15-34-28/h12-16,21,23,25-26H,5-11,17-19H2,1-4H3,(H,35,42)(H,36,38)(H,40,41)/t21-,23+,25-,26-,33+/m0/s1. The molecule has 3 heterocycles. The van der Waals surface area contributed by atoms with Gasteiger partial charge in [0.05, 0.1) is 13.7 Å². The average molecular weight is 625 g/mol. The van der Waals surface area contributed by atoms with E-state index in [9.17, 15) is 24.3 Å². The Bertz CT molecular complexity index is 1440. The van der Waals surface area contributed by atoms with E-state index >= 15 is 0 Å². The number of rotatable bonds is 5. The van der Waals surface area contributed by atoms with E-state index in [-0.39, 0.29) is 18.9 Å². The molecule has 5 atom stereocenters. The number of amides is 3. The zero-order valence-corrected chi connectivity index (χ0v) is 26.5. The van der Waals surface area contributed by atoms with Gasteiger partial charge in [-0.2, -0.15) is 0 Å². The number of carbonyl (C=O) groups excluding carboxylic acids is 3. The van der Waals surface area contributed by atoms with Crippen molar-refractivity contribution in [3.05, 3.63) is 30.5 Å². The fourth-order valence-corrected chi connectivity index (χ4v) is 6.51. The van der Waals surface area contributed by atoms with Crippen molar-refractivity contribution in [2.75, 3.05) is 13.7 Å². The molecule has 1 aliphatic carbocycles. The van der Waals surface area contributed by atoms with Gasteiger partial charge in [0.2, 0.25) is 17.7 Å². The van der Waals surface area contributed by atoms with E-state index in [0.29, 0.717) is 37.3 Å². The maximum Gasteiger partial charge on any atom is 0.408 e. The van der Waals surface area contributed by atoms with Crippen molar-refractivity contribution in [1.82, 2.24) is 20.5 Å². The van der Waals surface area contributed by atoms with Gasteiger partial charge in [-0.1, -0.05) is 32.1 Å². The van der Waals surface area contributed by atoms with Gasteiger partial charge >= 0.3 is 12.1 Å². The Labute approximate surface area is 263 Å². The number of carbonyl (C=O) groups is 4. The Morgan fingerprint density at radius 2 is 1.82 bits per heavy atom. The van der Waals surface area contributed by atoms with Crippen LogP contribution in [0.15, 0.2) is 30.5 Å². The van der Waals surface area contributed by atoms with Gasteiger partial charge in [0, 0.05) is 18.0 Å². The van der Waals surface area contributed by atoms with Gasteiger partial charge in [-0.25, -0.2) is 14.6 Å². The highest BCUT2D eigenvalue weighted by atomic mass is 16.6. The summed E-state index contributed by atoms with van der Waals surface area (Å²) in [7, 11) is 1.59. The predicted octanol–water partition coefficient (Wildman–Crippen LogP) is 4.19. The average Bonchev–Trinajstić information content (AvgIpc) is 3.51. The SMILES string of the molecule is COc1ccc2c(O[C@@H]3C[C@H]4C(=O)N[C@]5(C(=O)O)C[C@@H]5CCCCCCC[C@H](NC(=O)OC(C)(C)C)C(=O)N4C3)nccc2c1. The first kappa shape index (κ1) is 32.3. The van der Waals surface area contributed by atoms with E-state index in [1.807, 2.05) is 18.2 Å². The van der Waals surface area contributed by atoms with Crippen molar-refractivity contribution >= 4 is 34.6 Å². The van der Waals surface area contributed by atoms with Gasteiger partial charge in [0.25, 0.3) is 0 Å². The molecule has 2 aromatic rings. The molecule has 244 valence electrons. The number of aliphatic carboxylic acids is 1. The zero-order valence-electron chi connectivity index (χ0n) is 26.5. The quantitative estimate of drug-likeness (QED) is 0.444. The number of methoxy groups -OCH3 is 1. The van der Waals surface area contributed by atoms with Crippen molar-refractivity contribution in [3.63, 3.8) is 0 Å². The summed E-state index contributed by atoms with van der Waals surface area (Å²) in [5.74, 6) is -1.16. The molecule has 12 heteroatoms. The largest absolute Gasteiger partial charge is 0.497 e. The van der Waals surface area contributed by atoms with E-state index in [1.54, 1.807) is 40.1 Å². The molecule has 3 aliphatic rings. The van der Waals surface area contributed by atoms with Crippen LogP contribution in [0.4, 0.5) is 4.79 Å². The summed E-state index contributed by atoms with van der Waals surface area (Å²) in [6.07, 6.45) is 6.16. The van der Waals surface area contributed by atoms with Crippen LogP contribution in [0.3, 0.4) is 0 Å². The zero-order chi connectivity index (χ0) is 32.4. The summed E-state index contributed by atoms with van der Waals surface area (Å²) in [4.78, 5) is 59.1. The lowest BCUT2D eigenvalue weighted by atomic mass is 10.0. The third kappa shape index (κ3) is 7.42. The Hall–Kier alpha value is -4.09. The number of nitrogens with one attached hydrogen (secondary N) is 2. The summed E-state index contributed by atoms with van der Waals surface area (Å²) >= 11 is 0. The highest BCUT2D eigenvalue weighted by Crippen LogP contribution is 2.47. The molecule has 1 aromatic heterocycles. The van der Waals surface area contributed by atoms with Crippen molar-refractivity contribution in [1.29, 1.82) is 0 Å². The second-order valence-electron chi connectivity index (χ2n) is 13.4. The third-order valence-corrected chi connectivity index (χ3v) is 8.93. The van der Waals surface area contributed by atoms with Crippen LogP contribution in [0.2, 0.25) is 0 Å². The van der Waals surface area contributed by atoms with E-state index in [4.69, 9.17) is 14.2 Å². The molecule has 1 saturated carbocycles. The van der Waals surface area contributed by atoms with E-state index < -0.39 is 53.2 Å². The summed E-state index contributed by atoms with van der Waals surface area (Å²) in [6, 6.07) is 5.42. The number of hydrogen-bond donors (Lipinski definition) is 3. The van der Waals surface area contributed by atoms with Crippen molar-refractivity contribution in [2.45, 2.75) is 108 Å². The highest BCUT2D eigenvalue weighted by molar-refractivity contribution is 5.96. The molecule has 3 fully saturated rings. The second-order valence-corrected chi connectivity index (χ2v) is 13.4. The molecule has 3 N–H and O–H groups in total. The van der Waals surface area contributed by atoms with Gasteiger partial charge in [-0.05, 0) is 75.6 Å². The monoisotopic (exact) mass is 624 g/mol. The van der Waals surface area contributed by atoms with Crippen LogP contribution in [0.1, 0.15) is 78.6 Å². The van der Waals surface area contributed by atoms with E-state index in [2.05, 4.69) is 15.6 Å². The number of ether oxygens (including phenoxy) is 3. The minimum absolute atomic E-state index is 0.0567. The maximum absolute atomic E-state index is 14.2. The Kier molecular flexibility index (Phi) is 9.41. The Balaban J connectivity index is 1.43. The van der Waals surface area contributed by atoms with Crippen LogP contribution in [0.25, 0.3) is 10.8 Å². The van der Waals surface area contributed by atoms with Crippen LogP contribution in [0, 0.1) is 5.92 Å². The lowest BCUT2D eigenvalue weighted by molar-refractivity contribution is -0.146. The van der Waals surface area contributed by atoms with Crippen LogP contribution < -0.4 is 20.1 Å². The number of alkyl carbamates (subject to hydrolysis) is 1. The van der Waals surface area contributed by atoms with Crippen LogP contribution in [-0.4, -0.2) is 81.8 Å². The van der Waals surface area contributed by atoms with Gasteiger partial charge in [0.15, 0.2) is 0 Å². The Morgan fingerprint density at radius 3 is 2.53 bits per heavy atom. The van der Waals surface area contributed by atoms with Crippen LogP contribution in [-0.2, 0) is 19.1 Å². The lowest BCUT2D eigenvalue weighted by Gasteiger charge is -2.30. The molecule has 2 aliphatic heterocycles. The molecule has 2 saturated heterocycles. The number of hydrogen-bond acceptors (Lipinski definition) is 8. The lowest BCUT2D eigenvalue weighted by Crippen LogP contribution is -2.56. The topological polar surface area (TPSA) is 156 Å². The molecule has 0 spiro atoms. The molecule has 3 amide bonds. The van der Waals surface area contributed by atoms with Gasteiger partial charge in [0.1, 0.15) is 35.1 Å². The third-order valence-electron chi connectivity index (χ3n) is 8.93. The smallest absolute Gasteiger partial charge is 0.408 e. The van der Waals surface area contributed by atoms with Gasteiger partial charge in [-0.15, -0.1) is 0 Å². The van der Waals surface area contributed by atoms with Crippen LogP contribution >= 0.6 is 0 Å². The maximum atomic E-state index is 14.2. The van der Waals surface area contributed by atoms with Gasteiger partial charge in [-0.3, -0.25) is 9.59 Å². The minimum atomic E-state index is -1.34. The molecular formula is C33H44N4O8. The van der Waals surface area contributed by atoms with E-state index in [1.165, 1.54) is 4.90 Å². The summed E-state index contributed by atoms with van der Waals surface area (Å²) in [6.45, 7) is 5.29. The van der Waals surface area contributed by atoms with Crippen molar-refractivity contribution < 1.29 is 38.5 Å².